The second kappa shape index (κ2) is 9.37. The molecule has 0 unspecified atom stereocenters. The van der Waals surface area contributed by atoms with Crippen LogP contribution in [-0.2, 0) is 17.0 Å². The summed E-state index contributed by atoms with van der Waals surface area (Å²) >= 11 is 1.63. The average molecular weight is 396 g/mol. The minimum Gasteiger partial charge on any atom is -0.379 e. The first-order valence-corrected chi connectivity index (χ1v) is 10.8. The van der Waals surface area contributed by atoms with E-state index in [4.69, 9.17) is 9.72 Å². The van der Waals surface area contributed by atoms with E-state index in [9.17, 15) is 4.79 Å². The monoisotopic (exact) mass is 395 g/mol. The van der Waals surface area contributed by atoms with Crippen LogP contribution in [0.25, 0.3) is 10.9 Å². The Morgan fingerprint density at radius 2 is 1.71 bits per heavy atom. The normalized spacial score (nSPS) is 15.1. The second-order valence-electron chi connectivity index (χ2n) is 6.95. The van der Waals surface area contributed by atoms with Crippen LogP contribution < -0.4 is 5.56 Å². The Labute approximate surface area is 169 Å². The van der Waals surface area contributed by atoms with Crippen molar-refractivity contribution >= 4 is 22.7 Å². The molecule has 0 radical (unpaired) electrons. The lowest BCUT2D eigenvalue weighted by Crippen LogP contribution is -2.37. The van der Waals surface area contributed by atoms with E-state index in [-0.39, 0.29) is 5.56 Å². The van der Waals surface area contributed by atoms with Crippen LogP contribution in [0.15, 0.2) is 64.5 Å². The zero-order valence-electron chi connectivity index (χ0n) is 15.9. The Morgan fingerprint density at radius 1 is 0.964 bits per heavy atom. The quantitative estimate of drug-likeness (QED) is 0.453. The maximum absolute atomic E-state index is 13.1. The third kappa shape index (κ3) is 4.63. The summed E-state index contributed by atoms with van der Waals surface area (Å²) in [5.74, 6) is 0.801. The molecule has 6 heteroatoms. The molecule has 146 valence electrons. The van der Waals surface area contributed by atoms with Crippen LogP contribution in [0.2, 0.25) is 0 Å². The highest BCUT2D eigenvalue weighted by Gasteiger charge is 2.13. The van der Waals surface area contributed by atoms with Crippen molar-refractivity contribution in [1.82, 2.24) is 14.5 Å². The number of aromatic nitrogens is 2. The molecule has 5 nitrogen and oxygen atoms in total. The molecule has 0 bridgehead atoms. The number of ether oxygens (including phenoxy) is 1. The highest BCUT2D eigenvalue weighted by Crippen LogP contribution is 2.22. The molecule has 0 aliphatic carbocycles. The summed E-state index contributed by atoms with van der Waals surface area (Å²) < 4.78 is 7.27. The Kier molecular flexibility index (Phi) is 6.41. The Balaban J connectivity index is 1.54. The van der Waals surface area contributed by atoms with Gasteiger partial charge in [0.15, 0.2) is 5.16 Å². The second-order valence-corrected chi connectivity index (χ2v) is 7.89. The molecule has 2 aromatic carbocycles. The number of hydrogen-bond donors (Lipinski definition) is 0. The Hall–Kier alpha value is -2.15. The molecular weight excluding hydrogens is 370 g/mol. The lowest BCUT2D eigenvalue weighted by atomic mass is 10.2. The van der Waals surface area contributed by atoms with Gasteiger partial charge in [-0.15, -0.1) is 0 Å². The van der Waals surface area contributed by atoms with Gasteiger partial charge >= 0.3 is 0 Å². The molecule has 1 aliphatic heterocycles. The van der Waals surface area contributed by atoms with E-state index >= 15 is 0 Å². The van der Waals surface area contributed by atoms with Crippen LogP contribution in [0.1, 0.15) is 12.0 Å². The fourth-order valence-electron chi connectivity index (χ4n) is 3.45. The molecule has 2 heterocycles. The van der Waals surface area contributed by atoms with Crippen LogP contribution in [0.4, 0.5) is 0 Å². The van der Waals surface area contributed by atoms with Gasteiger partial charge in [-0.05, 0) is 24.1 Å². The first-order chi connectivity index (χ1) is 13.8. The van der Waals surface area contributed by atoms with Crippen molar-refractivity contribution in [3.05, 3.63) is 70.5 Å². The number of para-hydroxylation sites is 1. The molecule has 1 aromatic heterocycles. The fourth-order valence-corrected chi connectivity index (χ4v) is 4.44. The maximum Gasteiger partial charge on any atom is 0.262 e. The number of benzene rings is 2. The molecule has 0 saturated carbocycles. The third-order valence-electron chi connectivity index (χ3n) is 5.00. The molecule has 28 heavy (non-hydrogen) atoms. The molecule has 0 spiro atoms. The molecule has 0 atom stereocenters. The molecule has 3 aromatic rings. The zero-order chi connectivity index (χ0) is 19.2. The highest BCUT2D eigenvalue weighted by atomic mass is 32.2. The van der Waals surface area contributed by atoms with Crippen molar-refractivity contribution in [1.29, 1.82) is 0 Å². The summed E-state index contributed by atoms with van der Waals surface area (Å²) in [4.78, 5) is 20.3. The van der Waals surface area contributed by atoms with Crippen LogP contribution >= 0.6 is 11.8 Å². The summed E-state index contributed by atoms with van der Waals surface area (Å²) in [7, 11) is 0. The van der Waals surface area contributed by atoms with Crippen molar-refractivity contribution in [3.63, 3.8) is 0 Å². The minimum absolute atomic E-state index is 0.0585. The summed E-state index contributed by atoms with van der Waals surface area (Å²) in [6, 6.07) is 17.9. The van der Waals surface area contributed by atoms with E-state index in [2.05, 4.69) is 17.0 Å². The standard InChI is InChI=1S/C22H25N3O2S/c26-21-19-9-4-5-10-20(19)23-22(28-17-18-7-2-1-3-8-18)25(21)12-6-11-24-13-15-27-16-14-24/h1-5,7-10H,6,11-17H2. The Bertz CT molecular complexity index is 968. The first-order valence-electron chi connectivity index (χ1n) is 9.78. The van der Waals surface area contributed by atoms with E-state index < -0.39 is 0 Å². The van der Waals surface area contributed by atoms with Gasteiger partial charge in [-0.3, -0.25) is 14.3 Å². The van der Waals surface area contributed by atoms with Gasteiger partial charge in [-0.2, -0.15) is 0 Å². The van der Waals surface area contributed by atoms with Crippen molar-refractivity contribution in [2.45, 2.75) is 23.9 Å². The average Bonchev–Trinajstić information content (AvgIpc) is 2.75. The summed E-state index contributed by atoms with van der Waals surface area (Å²) in [5, 5.41) is 1.49. The molecule has 1 saturated heterocycles. The zero-order valence-corrected chi connectivity index (χ0v) is 16.7. The van der Waals surface area contributed by atoms with Gasteiger partial charge in [-0.25, -0.2) is 4.98 Å². The largest absolute Gasteiger partial charge is 0.379 e. The topological polar surface area (TPSA) is 47.4 Å². The van der Waals surface area contributed by atoms with Crippen LogP contribution in [0.5, 0.6) is 0 Å². The maximum atomic E-state index is 13.1. The van der Waals surface area contributed by atoms with Crippen molar-refractivity contribution in [2.75, 3.05) is 32.8 Å². The van der Waals surface area contributed by atoms with Crippen LogP contribution in [0, 0.1) is 0 Å². The Morgan fingerprint density at radius 3 is 2.54 bits per heavy atom. The lowest BCUT2D eigenvalue weighted by molar-refractivity contribution is 0.0368. The summed E-state index contributed by atoms with van der Waals surface area (Å²) in [5.41, 5.74) is 2.06. The SMILES string of the molecule is O=c1c2ccccc2nc(SCc2ccccc2)n1CCCN1CCOCC1. The minimum atomic E-state index is 0.0585. The number of hydrogen-bond acceptors (Lipinski definition) is 5. The van der Waals surface area contributed by atoms with E-state index in [1.165, 1.54) is 5.56 Å². The van der Waals surface area contributed by atoms with Gasteiger partial charge < -0.3 is 4.74 Å². The van der Waals surface area contributed by atoms with Gasteiger partial charge in [0.05, 0.1) is 24.1 Å². The molecular formula is C22H25N3O2S. The number of thioether (sulfide) groups is 1. The van der Waals surface area contributed by atoms with Gasteiger partial charge in [0, 0.05) is 31.9 Å². The third-order valence-corrected chi connectivity index (χ3v) is 6.04. The van der Waals surface area contributed by atoms with Crippen molar-refractivity contribution in [2.24, 2.45) is 0 Å². The lowest BCUT2D eigenvalue weighted by Gasteiger charge is -2.26. The van der Waals surface area contributed by atoms with Crippen LogP contribution in [-0.4, -0.2) is 47.3 Å². The molecule has 4 rings (SSSR count). The van der Waals surface area contributed by atoms with Crippen molar-refractivity contribution < 1.29 is 4.74 Å². The fraction of sp³-hybridized carbons (Fsp3) is 0.364. The smallest absolute Gasteiger partial charge is 0.262 e. The van der Waals surface area contributed by atoms with Crippen LogP contribution in [0.3, 0.4) is 0 Å². The molecule has 0 N–H and O–H groups in total. The molecule has 0 amide bonds. The summed E-state index contributed by atoms with van der Waals surface area (Å²) in [6.45, 7) is 5.21. The van der Waals surface area contributed by atoms with Gasteiger partial charge in [0.2, 0.25) is 0 Å². The van der Waals surface area contributed by atoms with Gasteiger partial charge in [-0.1, -0.05) is 54.2 Å². The van der Waals surface area contributed by atoms with E-state index in [1.54, 1.807) is 11.8 Å². The number of nitrogens with zero attached hydrogens (tertiary/aromatic N) is 3. The number of fused-ring (bicyclic) bond motifs is 1. The predicted octanol–water partition coefficient (Wildman–Crippen LogP) is 3.41. The van der Waals surface area contributed by atoms with Gasteiger partial charge in [0.25, 0.3) is 5.56 Å². The van der Waals surface area contributed by atoms with E-state index in [1.807, 2.05) is 47.0 Å². The van der Waals surface area contributed by atoms with E-state index in [0.29, 0.717) is 11.9 Å². The number of rotatable bonds is 7. The number of morpholine rings is 1. The summed E-state index contributed by atoms with van der Waals surface area (Å²) in [6.07, 6.45) is 0.929. The van der Waals surface area contributed by atoms with Crippen molar-refractivity contribution in [3.8, 4) is 0 Å². The molecule has 1 fully saturated rings. The van der Waals surface area contributed by atoms with Gasteiger partial charge in [0.1, 0.15) is 0 Å². The van der Waals surface area contributed by atoms with E-state index in [0.717, 1.165) is 55.7 Å². The molecule has 1 aliphatic rings. The highest BCUT2D eigenvalue weighted by molar-refractivity contribution is 7.98. The predicted molar refractivity (Wildman–Crippen MR) is 114 cm³/mol. The first kappa shape index (κ1) is 19.2.